The van der Waals surface area contributed by atoms with Crippen LogP contribution in [0.4, 0.5) is 0 Å². The second-order valence-electron chi connectivity index (χ2n) is 1.31. The van der Waals surface area contributed by atoms with Gasteiger partial charge in [-0.1, -0.05) is 6.92 Å². The minimum absolute atomic E-state index is 0.422. The maximum atomic E-state index is 4.87. The van der Waals surface area contributed by atoms with E-state index >= 15 is 0 Å². The summed E-state index contributed by atoms with van der Waals surface area (Å²) < 4.78 is 4.87. The Morgan fingerprint density at radius 3 is 2.33 bits per heavy atom. The van der Waals surface area contributed by atoms with E-state index in [0.29, 0.717) is 6.10 Å². The Morgan fingerprint density at radius 2 is 2.33 bits per heavy atom. The molecule has 6 heavy (non-hydrogen) atoms. The Balaban J connectivity index is 2.75. The molecule has 0 aromatic carbocycles. The van der Waals surface area contributed by atoms with Crippen molar-refractivity contribution >= 4 is 23.0 Å². The second-order valence-corrected chi connectivity index (χ2v) is 1.82. The predicted octanol–water partition coefficient (Wildman–Crippen LogP) is 2.15. The van der Waals surface area contributed by atoms with Gasteiger partial charge < -0.3 is 3.07 Å². The SMILES string of the molecule is CCC(C)OI. The van der Waals surface area contributed by atoms with Gasteiger partial charge in [-0.15, -0.1) is 0 Å². The average Bonchev–Trinajstić information content (AvgIpc) is 1.65. The van der Waals surface area contributed by atoms with Crippen LogP contribution >= 0.6 is 23.0 Å². The van der Waals surface area contributed by atoms with E-state index < -0.39 is 0 Å². The summed E-state index contributed by atoms with van der Waals surface area (Å²) in [4.78, 5) is 0. The summed E-state index contributed by atoms with van der Waals surface area (Å²) in [5, 5.41) is 0. The summed E-state index contributed by atoms with van der Waals surface area (Å²) in [5.41, 5.74) is 0. The van der Waals surface area contributed by atoms with Gasteiger partial charge in [-0.2, -0.15) is 0 Å². The molecule has 0 bridgehead atoms. The van der Waals surface area contributed by atoms with Gasteiger partial charge in [0.15, 0.2) is 0 Å². The lowest BCUT2D eigenvalue weighted by atomic mass is 10.3. The fraction of sp³-hybridized carbons (Fsp3) is 1.00. The zero-order valence-corrected chi connectivity index (χ0v) is 6.23. The third-order valence-corrected chi connectivity index (χ3v) is 1.60. The third kappa shape index (κ3) is 2.90. The largest absolute Gasteiger partial charge is 0.313 e. The molecule has 2 heteroatoms. The summed E-state index contributed by atoms with van der Waals surface area (Å²) in [6.45, 7) is 4.15. The lowest BCUT2D eigenvalue weighted by molar-refractivity contribution is 0.301. The van der Waals surface area contributed by atoms with Crippen molar-refractivity contribution in [1.29, 1.82) is 0 Å². The van der Waals surface area contributed by atoms with E-state index in [2.05, 4.69) is 6.92 Å². The van der Waals surface area contributed by atoms with Crippen LogP contribution in [0, 0.1) is 0 Å². The van der Waals surface area contributed by atoms with Crippen molar-refractivity contribution < 1.29 is 3.07 Å². The topological polar surface area (TPSA) is 9.23 Å². The number of rotatable bonds is 2. The highest BCUT2D eigenvalue weighted by Crippen LogP contribution is 1.99. The van der Waals surface area contributed by atoms with Gasteiger partial charge in [0.1, 0.15) is 23.0 Å². The average molecular weight is 200 g/mol. The Labute approximate surface area is 52.8 Å². The van der Waals surface area contributed by atoms with Crippen LogP contribution in [0.3, 0.4) is 0 Å². The van der Waals surface area contributed by atoms with Gasteiger partial charge in [-0.25, -0.2) is 0 Å². The molecule has 0 aliphatic rings. The van der Waals surface area contributed by atoms with Crippen molar-refractivity contribution in [1.82, 2.24) is 0 Å². The summed E-state index contributed by atoms with van der Waals surface area (Å²) >= 11 is 1.91. The van der Waals surface area contributed by atoms with Crippen molar-refractivity contribution in [2.75, 3.05) is 0 Å². The van der Waals surface area contributed by atoms with E-state index in [9.17, 15) is 0 Å². The lowest BCUT2D eigenvalue weighted by Gasteiger charge is -1.98. The number of halogens is 1. The fourth-order valence-electron chi connectivity index (χ4n) is 0.0630. The Bertz CT molecular complexity index is 26.7. The summed E-state index contributed by atoms with van der Waals surface area (Å²) in [6.07, 6.45) is 1.52. The van der Waals surface area contributed by atoms with E-state index in [-0.39, 0.29) is 0 Å². The molecular formula is C4H9IO. The molecule has 0 rings (SSSR count). The highest BCUT2D eigenvalue weighted by Gasteiger charge is 1.90. The third-order valence-electron chi connectivity index (χ3n) is 0.727. The van der Waals surface area contributed by atoms with Crippen LogP contribution in [0.2, 0.25) is 0 Å². The van der Waals surface area contributed by atoms with E-state index in [4.69, 9.17) is 3.07 Å². The Hall–Kier alpha value is 0.690. The fourth-order valence-corrected chi connectivity index (χ4v) is 0.423. The molecule has 38 valence electrons. The maximum absolute atomic E-state index is 4.87. The smallest absolute Gasteiger partial charge is 0.110 e. The van der Waals surface area contributed by atoms with E-state index in [0.717, 1.165) is 6.42 Å². The molecule has 0 aliphatic heterocycles. The van der Waals surface area contributed by atoms with Gasteiger partial charge in [0, 0.05) is 0 Å². The first kappa shape index (κ1) is 6.69. The van der Waals surface area contributed by atoms with Gasteiger partial charge >= 0.3 is 0 Å². The summed E-state index contributed by atoms with van der Waals surface area (Å²) in [5.74, 6) is 0. The Kier molecular flexibility index (Phi) is 4.31. The molecule has 0 aliphatic carbocycles. The molecule has 0 amide bonds. The molecule has 0 spiro atoms. The van der Waals surface area contributed by atoms with Crippen molar-refractivity contribution in [3.8, 4) is 0 Å². The zero-order valence-electron chi connectivity index (χ0n) is 4.07. The van der Waals surface area contributed by atoms with Crippen LogP contribution in [0.25, 0.3) is 0 Å². The van der Waals surface area contributed by atoms with Crippen molar-refractivity contribution in [2.45, 2.75) is 26.4 Å². The molecule has 0 heterocycles. The standard InChI is InChI=1S/C4H9IO/c1-3-4(2)6-5/h4H,3H2,1-2H3. The predicted molar refractivity (Wildman–Crippen MR) is 34.9 cm³/mol. The number of hydrogen-bond acceptors (Lipinski definition) is 1. The van der Waals surface area contributed by atoms with Gasteiger partial charge in [0.05, 0.1) is 6.10 Å². The first-order valence-corrected chi connectivity index (χ1v) is 2.96. The van der Waals surface area contributed by atoms with Crippen LogP contribution in [0.15, 0.2) is 0 Å². The van der Waals surface area contributed by atoms with Gasteiger partial charge in [-0.3, -0.25) is 0 Å². The summed E-state index contributed by atoms with van der Waals surface area (Å²) in [7, 11) is 0. The first-order chi connectivity index (χ1) is 2.81. The quantitative estimate of drug-likeness (QED) is 0.620. The van der Waals surface area contributed by atoms with Crippen LogP contribution < -0.4 is 0 Å². The van der Waals surface area contributed by atoms with Crippen LogP contribution in [0.1, 0.15) is 20.3 Å². The first-order valence-electron chi connectivity index (χ1n) is 2.08. The molecule has 0 N–H and O–H groups in total. The zero-order chi connectivity index (χ0) is 4.99. The number of hydrogen-bond donors (Lipinski definition) is 0. The van der Waals surface area contributed by atoms with Gasteiger partial charge in [0.25, 0.3) is 0 Å². The van der Waals surface area contributed by atoms with Crippen LogP contribution in [-0.2, 0) is 3.07 Å². The van der Waals surface area contributed by atoms with Gasteiger partial charge in [0.2, 0.25) is 0 Å². The van der Waals surface area contributed by atoms with Gasteiger partial charge in [-0.05, 0) is 13.3 Å². The molecule has 0 radical (unpaired) electrons. The molecule has 0 saturated heterocycles. The molecule has 0 aromatic heterocycles. The van der Waals surface area contributed by atoms with Crippen LogP contribution in [-0.4, -0.2) is 6.10 Å². The highest BCUT2D eigenvalue weighted by atomic mass is 127. The lowest BCUT2D eigenvalue weighted by Crippen LogP contribution is -1.95. The van der Waals surface area contributed by atoms with Crippen molar-refractivity contribution in [3.63, 3.8) is 0 Å². The minimum atomic E-state index is 0.422. The highest BCUT2D eigenvalue weighted by molar-refractivity contribution is 14.1. The maximum Gasteiger partial charge on any atom is 0.110 e. The van der Waals surface area contributed by atoms with E-state index in [1.807, 2.05) is 29.9 Å². The molecule has 1 atom stereocenters. The van der Waals surface area contributed by atoms with Crippen molar-refractivity contribution in [3.05, 3.63) is 0 Å². The minimum Gasteiger partial charge on any atom is -0.313 e. The van der Waals surface area contributed by atoms with E-state index in [1.54, 1.807) is 0 Å². The molecule has 1 nitrogen and oxygen atoms in total. The normalized spacial score (nSPS) is 14.5. The monoisotopic (exact) mass is 200 g/mol. The molecular weight excluding hydrogens is 191 g/mol. The second kappa shape index (κ2) is 3.87. The van der Waals surface area contributed by atoms with Crippen molar-refractivity contribution in [2.24, 2.45) is 0 Å². The molecule has 1 unspecified atom stereocenters. The van der Waals surface area contributed by atoms with Crippen LogP contribution in [0.5, 0.6) is 0 Å². The van der Waals surface area contributed by atoms with E-state index in [1.165, 1.54) is 0 Å². The Morgan fingerprint density at radius 1 is 1.83 bits per heavy atom. The molecule has 0 aromatic rings. The summed E-state index contributed by atoms with van der Waals surface area (Å²) in [6, 6.07) is 0. The molecule has 0 saturated carbocycles. The molecule has 0 fully saturated rings.